The number of methoxy groups -OCH3 is 2. The van der Waals surface area contributed by atoms with Crippen LogP contribution in [0.15, 0.2) is 65.3 Å². The first kappa shape index (κ1) is 26.9. The summed E-state index contributed by atoms with van der Waals surface area (Å²) in [6.07, 6.45) is 1.53. The highest BCUT2D eigenvalue weighted by Crippen LogP contribution is 2.33. The number of ether oxygens (including phenoxy) is 4. The number of allylic oxidation sites excluding steroid dienone is 1. The number of carbonyl (C=O) groups excluding carboxylic acids is 1. The van der Waals surface area contributed by atoms with Gasteiger partial charge in [-0.15, -0.1) is 0 Å². The van der Waals surface area contributed by atoms with Gasteiger partial charge in [0.05, 0.1) is 32.3 Å². The fourth-order valence-electron chi connectivity index (χ4n) is 4.05. The molecule has 2 aromatic carbocycles. The molecule has 10 nitrogen and oxygen atoms in total. The molecule has 2 aliphatic rings. The van der Waals surface area contributed by atoms with Crippen molar-refractivity contribution in [3.8, 4) is 11.5 Å². The lowest BCUT2D eigenvalue weighted by Crippen LogP contribution is -2.37. The van der Waals surface area contributed by atoms with E-state index in [9.17, 15) is 18.3 Å². The highest BCUT2D eigenvalue weighted by atomic mass is 32.2. The van der Waals surface area contributed by atoms with Crippen molar-refractivity contribution < 1.29 is 37.3 Å². The molecule has 0 aromatic heterocycles. The summed E-state index contributed by atoms with van der Waals surface area (Å²) in [5.41, 5.74) is 0.984. The van der Waals surface area contributed by atoms with Crippen molar-refractivity contribution in [3.63, 3.8) is 0 Å². The van der Waals surface area contributed by atoms with Gasteiger partial charge in [0.2, 0.25) is 16.3 Å². The molecule has 11 heteroatoms. The molecule has 1 amide bonds. The molecule has 2 aromatic rings. The summed E-state index contributed by atoms with van der Waals surface area (Å²) >= 11 is 0. The Bertz CT molecular complexity index is 1190. The smallest absolute Gasteiger partial charge is 0.288 e. The number of nitrogens with zero attached hydrogens (tertiary/aromatic N) is 2. The van der Waals surface area contributed by atoms with Gasteiger partial charge in [0.1, 0.15) is 11.5 Å². The van der Waals surface area contributed by atoms with Crippen LogP contribution in [0.1, 0.15) is 17.9 Å². The molecule has 2 aliphatic heterocycles. The Morgan fingerprint density at radius 2 is 1.65 bits per heavy atom. The second kappa shape index (κ2) is 12.0. The maximum Gasteiger partial charge on any atom is 0.288 e. The number of hydrogen-bond acceptors (Lipinski definition) is 8. The van der Waals surface area contributed by atoms with Gasteiger partial charge in [0.15, 0.2) is 5.76 Å². The lowest BCUT2D eigenvalue weighted by atomic mass is 9.93. The number of benzene rings is 2. The Morgan fingerprint density at radius 3 is 2.22 bits per heavy atom. The molecule has 0 unspecified atom stereocenters. The van der Waals surface area contributed by atoms with Crippen LogP contribution >= 0.6 is 0 Å². The topological polar surface area (TPSA) is 115 Å². The fraction of sp³-hybridized carbons (Fsp3) is 0.423. The standard InChI is InChI=1S/C26H32N2O8S/c1-33-21-5-3-19(4-6-21)20-17-24(26(30)27-11-12-27)36-25(18-20)35-16-14-28(13-15-29)37(31,32)23-9-7-22(34-2)8-10-23/h3-10,17,20,25,29H,11-16,18H2,1-2H3/t20-,25+/m1/s1. The number of aliphatic hydroxyl groups is 1. The first-order valence-electron chi connectivity index (χ1n) is 12.0. The number of sulfonamides is 1. The Balaban J connectivity index is 1.44. The van der Waals surface area contributed by atoms with Crippen LogP contribution in [-0.2, 0) is 24.3 Å². The minimum absolute atomic E-state index is 0.00110. The molecule has 0 radical (unpaired) electrons. The maximum atomic E-state index is 13.1. The molecular formula is C26H32N2O8S. The van der Waals surface area contributed by atoms with Crippen LogP contribution in [0.2, 0.25) is 0 Å². The van der Waals surface area contributed by atoms with Crippen LogP contribution in [0, 0.1) is 0 Å². The Labute approximate surface area is 217 Å². The van der Waals surface area contributed by atoms with E-state index in [0.717, 1.165) is 15.6 Å². The Morgan fingerprint density at radius 1 is 1.03 bits per heavy atom. The van der Waals surface area contributed by atoms with Gasteiger partial charge in [-0.1, -0.05) is 12.1 Å². The molecular weight excluding hydrogens is 500 g/mol. The minimum atomic E-state index is -3.87. The second-order valence-electron chi connectivity index (χ2n) is 8.66. The number of amides is 1. The van der Waals surface area contributed by atoms with Gasteiger partial charge in [-0.25, -0.2) is 8.42 Å². The zero-order valence-electron chi connectivity index (χ0n) is 20.9. The lowest BCUT2D eigenvalue weighted by molar-refractivity contribution is -0.149. The monoisotopic (exact) mass is 532 g/mol. The third kappa shape index (κ3) is 6.61. The second-order valence-corrected chi connectivity index (χ2v) is 10.6. The van der Waals surface area contributed by atoms with Crippen molar-refractivity contribution in [1.29, 1.82) is 0 Å². The van der Waals surface area contributed by atoms with Gasteiger partial charge >= 0.3 is 0 Å². The van der Waals surface area contributed by atoms with Crippen molar-refractivity contribution in [3.05, 3.63) is 65.9 Å². The van der Waals surface area contributed by atoms with Crippen molar-refractivity contribution in [2.24, 2.45) is 0 Å². The number of aliphatic hydroxyl groups excluding tert-OH is 1. The van der Waals surface area contributed by atoms with Crippen LogP contribution in [0.3, 0.4) is 0 Å². The van der Waals surface area contributed by atoms with Crippen molar-refractivity contribution >= 4 is 15.9 Å². The van der Waals surface area contributed by atoms with Crippen molar-refractivity contribution in [2.75, 3.05) is 53.6 Å². The highest BCUT2D eigenvalue weighted by Gasteiger charge is 2.34. The SMILES string of the molecule is COc1ccc([C@@H]2C=C(C(=O)N3CC3)O[C@H](OCCN(CCO)S(=O)(=O)c3ccc(OC)cc3)C2)cc1. The summed E-state index contributed by atoms with van der Waals surface area (Å²) in [5.74, 6) is 1.19. The van der Waals surface area contributed by atoms with Gasteiger partial charge < -0.3 is 29.0 Å². The Hall–Kier alpha value is -3.12. The summed E-state index contributed by atoms with van der Waals surface area (Å²) in [6.45, 7) is 0.971. The fourth-order valence-corrected chi connectivity index (χ4v) is 5.46. The molecule has 1 saturated heterocycles. The predicted molar refractivity (Wildman–Crippen MR) is 135 cm³/mol. The number of rotatable bonds is 12. The maximum absolute atomic E-state index is 13.1. The summed E-state index contributed by atoms with van der Waals surface area (Å²) in [7, 11) is -0.764. The zero-order chi connectivity index (χ0) is 26.4. The van der Waals surface area contributed by atoms with Gasteiger partial charge in [-0.05, 0) is 48.0 Å². The molecule has 1 N–H and O–H groups in total. The first-order chi connectivity index (χ1) is 17.8. The summed E-state index contributed by atoms with van der Waals surface area (Å²) < 4.78 is 49.6. The van der Waals surface area contributed by atoms with E-state index in [1.54, 1.807) is 24.1 Å². The van der Waals surface area contributed by atoms with E-state index in [-0.39, 0.29) is 48.8 Å². The molecule has 0 saturated carbocycles. The molecule has 0 spiro atoms. The van der Waals surface area contributed by atoms with Gasteiger partial charge in [0, 0.05) is 38.5 Å². The largest absolute Gasteiger partial charge is 0.497 e. The number of hydrogen-bond donors (Lipinski definition) is 1. The van der Waals surface area contributed by atoms with Gasteiger partial charge in [0.25, 0.3) is 5.91 Å². The van der Waals surface area contributed by atoms with Crippen molar-refractivity contribution in [2.45, 2.75) is 23.5 Å². The van der Waals surface area contributed by atoms with E-state index in [4.69, 9.17) is 18.9 Å². The molecule has 200 valence electrons. The predicted octanol–water partition coefficient (Wildman–Crippen LogP) is 1.96. The molecule has 37 heavy (non-hydrogen) atoms. The van der Waals surface area contributed by atoms with E-state index in [2.05, 4.69) is 0 Å². The molecule has 1 fully saturated rings. The van der Waals surface area contributed by atoms with E-state index >= 15 is 0 Å². The molecule has 0 bridgehead atoms. The summed E-state index contributed by atoms with van der Waals surface area (Å²) in [4.78, 5) is 14.5. The van der Waals surface area contributed by atoms with Crippen LogP contribution in [0.4, 0.5) is 0 Å². The van der Waals surface area contributed by atoms with E-state index in [1.807, 2.05) is 30.3 Å². The third-order valence-electron chi connectivity index (χ3n) is 6.24. The normalized spacial score (nSPS) is 19.2. The van der Waals surface area contributed by atoms with Gasteiger partial charge in [-0.2, -0.15) is 4.31 Å². The van der Waals surface area contributed by atoms with Crippen LogP contribution in [-0.4, -0.2) is 88.5 Å². The zero-order valence-corrected chi connectivity index (χ0v) is 21.7. The summed E-state index contributed by atoms with van der Waals surface area (Å²) in [6, 6.07) is 13.6. The van der Waals surface area contributed by atoms with Crippen molar-refractivity contribution in [1.82, 2.24) is 9.21 Å². The van der Waals surface area contributed by atoms with E-state index in [0.29, 0.717) is 25.3 Å². The minimum Gasteiger partial charge on any atom is -0.497 e. The van der Waals surface area contributed by atoms with Crippen LogP contribution < -0.4 is 9.47 Å². The lowest BCUT2D eigenvalue weighted by Gasteiger charge is -2.30. The molecule has 4 rings (SSSR count). The summed E-state index contributed by atoms with van der Waals surface area (Å²) in [5, 5.41) is 9.48. The van der Waals surface area contributed by atoms with Crippen LogP contribution in [0.25, 0.3) is 0 Å². The highest BCUT2D eigenvalue weighted by molar-refractivity contribution is 7.89. The number of carbonyl (C=O) groups is 1. The van der Waals surface area contributed by atoms with Gasteiger partial charge in [-0.3, -0.25) is 4.79 Å². The Kier molecular flexibility index (Phi) is 8.70. The average Bonchev–Trinajstić information content (AvgIpc) is 3.78. The third-order valence-corrected chi connectivity index (χ3v) is 8.15. The molecule has 2 atom stereocenters. The van der Waals surface area contributed by atoms with E-state index in [1.165, 1.54) is 19.2 Å². The quantitative estimate of drug-likeness (QED) is 0.413. The first-order valence-corrected chi connectivity index (χ1v) is 13.5. The molecule has 2 heterocycles. The molecule has 0 aliphatic carbocycles. The van der Waals surface area contributed by atoms with Crippen LogP contribution in [0.5, 0.6) is 11.5 Å². The van der Waals surface area contributed by atoms with E-state index < -0.39 is 16.3 Å². The average molecular weight is 533 g/mol.